The van der Waals surface area contributed by atoms with E-state index in [1.54, 1.807) is 31.4 Å². The van der Waals surface area contributed by atoms with E-state index in [0.717, 1.165) is 22.3 Å². The van der Waals surface area contributed by atoms with Crippen LogP contribution < -0.4 is 10.1 Å². The fourth-order valence-electron chi connectivity index (χ4n) is 2.33. The molecule has 0 fully saturated rings. The molecule has 0 unspecified atom stereocenters. The molecule has 0 radical (unpaired) electrons. The maximum Gasteiger partial charge on any atom is 0.244 e. The molecule has 3 rings (SSSR count). The molecule has 1 amide bonds. The molecule has 4 nitrogen and oxygen atoms in total. The first kappa shape index (κ1) is 14.5. The second-order valence-electron chi connectivity index (χ2n) is 4.92. The number of halogens is 1. The van der Waals surface area contributed by atoms with E-state index in [1.165, 1.54) is 0 Å². The number of ether oxygens (including phenoxy) is 1. The normalized spacial score (nSPS) is 10.6. The van der Waals surface area contributed by atoms with Crippen molar-refractivity contribution in [3.63, 3.8) is 0 Å². The Morgan fingerprint density at radius 3 is 2.68 bits per heavy atom. The summed E-state index contributed by atoms with van der Waals surface area (Å²) in [7, 11) is 1.64. The monoisotopic (exact) mass is 314 g/mol. The third-order valence-electron chi connectivity index (χ3n) is 3.42. The highest BCUT2D eigenvalue weighted by Crippen LogP contribution is 2.22. The topological polar surface area (TPSA) is 43.3 Å². The predicted octanol–water partition coefficient (Wildman–Crippen LogP) is 3.94. The van der Waals surface area contributed by atoms with E-state index in [-0.39, 0.29) is 12.5 Å². The lowest BCUT2D eigenvalue weighted by Gasteiger charge is -2.08. The highest BCUT2D eigenvalue weighted by atomic mass is 35.5. The highest BCUT2D eigenvalue weighted by molar-refractivity contribution is 6.30. The molecule has 22 heavy (non-hydrogen) atoms. The minimum absolute atomic E-state index is 0.0874. The van der Waals surface area contributed by atoms with Crippen molar-refractivity contribution in [1.82, 2.24) is 4.57 Å². The summed E-state index contributed by atoms with van der Waals surface area (Å²) in [6.45, 7) is 0.248. The Labute approximate surface area is 133 Å². The Morgan fingerprint density at radius 2 is 1.95 bits per heavy atom. The number of hydrogen-bond donors (Lipinski definition) is 1. The van der Waals surface area contributed by atoms with Gasteiger partial charge in [0.1, 0.15) is 12.3 Å². The zero-order valence-corrected chi connectivity index (χ0v) is 12.8. The molecule has 112 valence electrons. The lowest BCUT2D eigenvalue weighted by molar-refractivity contribution is -0.116. The van der Waals surface area contributed by atoms with E-state index in [1.807, 2.05) is 35.0 Å². The molecular weight excluding hydrogens is 300 g/mol. The second-order valence-corrected chi connectivity index (χ2v) is 5.36. The van der Waals surface area contributed by atoms with Gasteiger partial charge >= 0.3 is 0 Å². The largest absolute Gasteiger partial charge is 0.497 e. The van der Waals surface area contributed by atoms with Crippen LogP contribution in [0.3, 0.4) is 0 Å². The van der Waals surface area contributed by atoms with Gasteiger partial charge in [-0.2, -0.15) is 0 Å². The number of nitrogens with zero attached hydrogens (tertiary/aromatic N) is 1. The second kappa shape index (κ2) is 6.12. The van der Waals surface area contributed by atoms with Gasteiger partial charge in [-0.3, -0.25) is 4.79 Å². The molecule has 2 aromatic carbocycles. The standard InChI is InChI=1S/C17H15ClN2O2/c1-22-15-6-7-16-12(10-15)8-9-20(16)11-17(21)19-14-4-2-13(18)3-5-14/h2-10H,11H2,1H3,(H,19,21). The number of anilines is 1. The smallest absolute Gasteiger partial charge is 0.244 e. The van der Waals surface area contributed by atoms with Crippen LogP contribution in [0.4, 0.5) is 5.69 Å². The quantitative estimate of drug-likeness (QED) is 0.792. The van der Waals surface area contributed by atoms with Crippen molar-refractivity contribution in [2.24, 2.45) is 0 Å². The van der Waals surface area contributed by atoms with Gasteiger partial charge in [0, 0.05) is 27.8 Å². The predicted molar refractivity (Wildman–Crippen MR) is 88.6 cm³/mol. The third kappa shape index (κ3) is 3.07. The molecule has 0 saturated carbocycles. The van der Waals surface area contributed by atoms with Crippen molar-refractivity contribution < 1.29 is 9.53 Å². The summed E-state index contributed by atoms with van der Waals surface area (Å²) in [5, 5.41) is 4.53. The lowest BCUT2D eigenvalue weighted by Crippen LogP contribution is -2.18. The summed E-state index contributed by atoms with van der Waals surface area (Å²) in [6.07, 6.45) is 1.89. The van der Waals surface area contributed by atoms with E-state index < -0.39 is 0 Å². The molecule has 0 aliphatic rings. The van der Waals surface area contributed by atoms with Crippen LogP contribution in [-0.2, 0) is 11.3 Å². The molecule has 5 heteroatoms. The molecule has 0 aliphatic heterocycles. The molecule has 0 bridgehead atoms. The number of benzene rings is 2. The van der Waals surface area contributed by atoms with Gasteiger partial charge in [-0.25, -0.2) is 0 Å². The Bertz CT molecular complexity index is 809. The summed E-state index contributed by atoms with van der Waals surface area (Å²) < 4.78 is 7.10. The van der Waals surface area contributed by atoms with E-state index >= 15 is 0 Å². The average molecular weight is 315 g/mol. The fourth-order valence-corrected chi connectivity index (χ4v) is 2.46. The lowest BCUT2D eigenvalue weighted by atomic mass is 10.2. The van der Waals surface area contributed by atoms with E-state index in [0.29, 0.717) is 5.02 Å². The molecule has 0 saturated heterocycles. The number of amides is 1. The van der Waals surface area contributed by atoms with Crippen LogP contribution >= 0.6 is 11.6 Å². The zero-order valence-electron chi connectivity index (χ0n) is 12.0. The summed E-state index contributed by atoms with van der Waals surface area (Å²) in [6, 6.07) is 14.8. The number of rotatable bonds is 4. The Hall–Kier alpha value is -2.46. The number of nitrogens with one attached hydrogen (secondary N) is 1. The van der Waals surface area contributed by atoms with Gasteiger partial charge in [0.05, 0.1) is 7.11 Å². The van der Waals surface area contributed by atoms with Gasteiger partial charge < -0.3 is 14.6 Å². The molecule has 0 spiro atoms. The Balaban J connectivity index is 1.75. The van der Waals surface area contributed by atoms with Crippen molar-refractivity contribution in [3.8, 4) is 5.75 Å². The minimum atomic E-state index is -0.0874. The zero-order chi connectivity index (χ0) is 15.5. The van der Waals surface area contributed by atoms with Crippen LogP contribution in [-0.4, -0.2) is 17.6 Å². The minimum Gasteiger partial charge on any atom is -0.497 e. The average Bonchev–Trinajstić information content (AvgIpc) is 2.91. The van der Waals surface area contributed by atoms with E-state index in [4.69, 9.17) is 16.3 Å². The van der Waals surface area contributed by atoms with Gasteiger partial charge in [0.15, 0.2) is 0 Å². The van der Waals surface area contributed by atoms with Crippen molar-refractivity contribution in [2.75, 3.05) is 12.4 Å². The van der Waals surface area contributed by atoms with Crippen LogP contribution in [0.2, 0.25) is 5.02 Å². The Kier molecular flexibility index (Phi) is 4.02. The van der Waals surface area contributed by atoms with Crippen molar-refractivity contribution >= 4 is 34.1 Å². The molecule has 1 aromatic heterocycles. The molecule has 1 N–H and O–H groups in total. The van der Waals surface area contributed by atoms with Crippen LogP contribution in [0.5, 0.6) is 5.75 Å². The maximum absolute atomic E-state index is 12.1. The first-order valence-corrected chi connectivity index (χ1v) is 7.22. The van der Waals surface area contributed by atoms with Crippen LogP contribution in [0.25, 0.3) is 10.9 Å². The molecule has 0 atom stereocenters. The van der Waals surface area contributed by atoms with Gasteiger partial charge in [0.25, 0.3) is 0 Å². The first-order valence-electron chi connectivity index (χ1n) is 6.84. The van der Waals surface area contributed by atoms with Crippen LogP contribution in [0.15, 0.2) is 54.7 Å². The van der Waals surface area contributed by atoms with Crippen molar-refractivity contribution in [3.05, 3.63) is 59.8 Å². The van der Waals surface area contributed by atoms with Crippen LogP contribution in [0, 0.1) is 0 Å². The maximum atomic E-state index is 12.1. The molecule has 1 heterocycles. The van der Waals surface area contributed by atoms with Crippen LogP contribution in [0.1, 0.15) is 0 Å². The molecular formula is C17H15ClN2O2. The van der Waals surface area contributed by atoms with E-state index in [2.05, 4.69) is 5.32 Å². The van der Waals surface area contributed by atoms with E-state index in [9.17, 15) is 4.79 Å². The summed E-state index contributed by atoms with van der Waals surface area (Å²) in [4.78, 5) is 12.1. The van der Waals surface area contributed by atoms with Gasteiger partial charge in [-0.15, -0.1) is 0 Å². The summed E-state index contributed by atoms with van der Waals surface area (Å²) in [5.41, 5.74) is 1.72. The Morgan fingerprint density at radius 1 is 1.18 bits per heavy atom. The SMILES string of the molecule is COc1ccc2c(ccn2CC(=O)Nc2ccc(Cl)cc2)c1. The number of methoxy groups -OCH3 is 1. The van der Waals surface area contributed by atoms with Gasteiger partial charge in [0.2, 0.25) is 5.91 Å². The number of fused-ring (bicyclic) bond motifs is 1. The number of hydrogen-bond acceptors (Lipinski definition) is 2. The first-order chi connectivity index (χ1) is 10.7. The molecule has 0 aliphatic carbocycles. The summed E-state index contributed by atoms with van der Waals surface area (Å²) >= 11 is 5.83. The number of carbonyl (C=O) groups is 1. The van der Waals surface area contributed by atoms with Gasteiger partial charge in [-0.05, 0) is 48.5 Å². The number of carbonyl (C=O) groups excluding carboxylic acids is 1. The molecule has 3 aromatic rings. The highest BCUT2D eigenvalue weighted by Gasteiger charge is 2.07. The number of aromatic nitrogens is 1. The van der Waals surface area contributed by atoms with Crippen molar-refractivity contribution in [1.29, 1.82) is 0 Å². The van der Waals surface area contributed by atoms with Crippen molar-refractivity contribution in [2.45, 2.75) is 6.54 Å². The summed E-state index contributed by atoms with van der Waals surface area (Å²) in [5.74, 6) is 0.714. The fraction of sp³-hybridized carbons (Fsp3) is 0.118. The van der Waals surface area contributed by atoms with Gasteiger partial charge in [-0.1, -0.05) is 11.6 Å². The third-order valence-corrected chi connectivity index (χ3v) is 3.67.